The molecule has 0 saturated heterocycles. The minimum absolute atomic E-state index is 0.580. The molecule has 0 aliphatic carbocycles. The summed E-state index contributed by atoms with van der Waals surface area (Å²) in [5, 5.41) is 3.36. The highest BCUT2D eigenvalue weighted by atomic mass is 35.5. The van der Waals surface area contributed by atoms with E-state index in [1.807, 2.05) is 12.1 Å². The average Bonchev–Trinajstić information content (AvgIpc) is 3.15. The molecule has 0 fully saturated rings. The average molecular weight is 337 g/mol. The molecule has 0 spiro atoms. The van der Waals surface area contributed by atoms with Crippen LogP contribution in [-0.2, 0) is 12.3 Å². The first-order valence-electron chi connectivity index (χ1n) is 6.39. The monoisotopic (exact) mass is 336 g/mol. The van der Waals surface area contributed by atoms with Gasteiger partial charge in [-0.25, -0.2) is 4.98 Å². The maximum Gasteiger partial charge on any atom is 0.183 e. The van der Waals surface area contributed by atoms with Gasteiger partial charge in [0.15, 0.2) is 4.47 Å². The number of anilines is 1. The van der Waals surface area contributed by atoms with Gasteiger partial charge in [-0.05, 0) is 36.4 Å². The Labute approximate surface area is 136 Å². The summed E-state index contributed by atoms with van der Waals surface area (Å²) in [4.78, 5) is 6.37. The van der Waals surface area contributed by atoms with Crippen LogP contribution in [0, 0.1) is 0 Å². The highest BCUT2D eigenvalue weighted by Gasteiger charge is 2.01. The molecule has 0 unspecified atom stereocenters. The zero-order valence-corrected chi connectivity index (χ0v) is 13.5. The Morgan fingerprint density at radius 1 is 1.24 bits per heavy atom. The lowest BCUT2D eigenvalue weighted by atomic mass is 10.3. The molecule has 3 nitrogen and oxygen atoms in total. The van der Waals surface area contributed by atoms with E-state index >= 15 is 0 Å². The van der Waals surface area contributed by atoms with Crippen LogP contribution in [0.15, 0.2) is 58.2 Å². The van der Waals surface area contributed by atoms with Gasteiger partial charge in [0.25, 0.3) is 0 Å². The Kier molecular flexibility index (Phi) is 4.85. The van der Waals surface area contributed by atoms with E-state index in [1.165, 1.54) is 16.2 Å². The maximum absolute atomic E-state index is 5.81. The van der Waals surface area contributed by atoms with Gasteiger partial charge in [-0.3, -0.25) is 0 Å². The van der Waals surface area contributed by atoms with Crippen LogP contribution in [0.5, 0.6) is 0 Å². The van der Waals surface area contributed by atoms with Crippen molar-refractivity contribution in [3.8, 4) is 0 Å². The van der Waals surface area contributed by atoms with Gasteiger partial charge in [-0.15, -0.1) is 23.1 Å². The Balaban J connectivity index is 1.51. The normalized spacial score (nSPS) is 10.7. The lowest BCUT2D eigenvalue weighted by Gasteiger charge is -2.05. The number of aromatic nitrogens is 1. The predicted octanol–water partition coefficient (Wildman–Crippen LogP) is 5.29. The minimum Gasteiger partial charge on any atom is -0.468 e. The van der Waals surface area contributed by atoms with Crippen LogP contribution in [0.3, 0.4) is 0 Å². The second-order valence-electron chi connectivity index (χ2n) is 4.33. The molecular weight excluding hydrogens is 324 g/mol. The Hall–Kier alpha value is -1.43. The molecular formula is C15H13ClN2OS2. The van der Waals surface area contributed by atoms with Crippen LogP contribution in [0.1, 0.15) is 10.6 Å². The summed E-state index contributed by atoms with van der Waals surface area (Å²) < 4.78 is 5.90. The molecule has 2 heterocycles. The van der Waals surface area contributed by atoms with Crippen LogP contribution in [0.4, 0.5) is 5.69 Å². The van der Waals surface area contributed by atoms with Crippen molar-refractivity contribution >= 4 is 40.4 Å². The summed E-state index contributed by atoms with van der Waals surface area (Å²) >= 11 is 9.06. The van der Waals surface area contributed by atoms with Gasteiger partial charge in [0.05, 0.1) is 18.6 Å². The third-order valence-corrected chi connectivity index (χ3v) is 4.96. The van der Waals surface area contributed by atoms with E-state index in [4.69, 9.17) is 16.0 Å². The highest BCUT2D eigenvalue weighted by Crippen LogP contribution is 2.25. The number of nitrogens with one attached hydrogen (secondary N) is 1. The van der Waals surface area contributed by atoms with Crippen molar-refractivity contribution in [1.82, 2.24) is 4.98 Å². The third kappa shape index (κ3) is 4.27. The second-order valence-corrected chi connectivity index (χ2v) is 7.07. The fourth-order valence-corrected chi connectivity index (χ4v) is 3.49. The maximum atomic E-state index is 5.81. The lowest BCUT2D eigenvalue weighted by Crippen LogP contribution is -1.96. The third-order valence-electron chi connectivity index (χ3n) is 2.81. The van der Waals surface area contributed by atoms with Gasteiger partial charge in [0.2, 0.25) is 0 Å². The van der Waals surface area contributed by atoms with Crippen molar-refractivity contribution in [2.24, 2.45) is 0 Å². The van der Waals surface area contributed by atoms with E-state index < -0.39 is 0 Å². The Morgan fingerprint density at radius 2 is 2.10 bits per heavy atom. The van der Waals surface area contributed by atoms with Gasteiger partial charge < -0.3 is 9.73 Å². The minimum atomic E-state index is 0.580. The molecule has 1 aromatic carbocycles. The predicted molar refractivity (Wildman–Crippen MR) is 89.2 cm³/mol. The first-order valence-corrected chi connectivity index (χ1v) is 8.57. The van der Waals surface area contributed by atoms with Crippen molar-refractivity contribution in [3.63, 3.8) is 0 Å². The highest BCUT2D eigenvalue weighted by molar-refractivity contribution is 7.98. The number of nitrogens with zero attached hydrogens (tertiary/aromatic N) is 1. The first kappa shape index (κ1) is 14.5. The molecule has 0 radical (unpaired) electrons. The fraction of sp³-hybridized carbons (Fsp3) is 0.133. The molecule has 0 aliphatic rings. The molecule has 3 rings (SSSR count). The van der Waals surface area contributed by atoms with Crippen LogP contribution in [0.2, 0.25) is 4.47 Å². The van der Waals surface area contributed by atoms with Crippen LogP contribution in [-0.4, -0.2) is 4.98 Å². The molecule has 3 aromatic rings. The summed E-state index contributed by atoms with van der Waals surface area (Å²) in [5.74, 6) is 1.84. The summed E-state index contributed by atoms with van der Waals surface area (Å²) in [5.41, 5.74) is 1.09. The number of benzene rings is 1. The SMILES string of the molecule is Clc1ncc(CNc2ccc(SCc3ccco3)cc2)s1. The lowest BCUT2D eigenvalue weighted by molar-refractivity contribution is 0.530. The molecule has 0 saturated carbocycles. The zero-order chi connectivity index (χ0) is 14.5. The number of halogens is 1. The van der Waals surface area contributed by atoms with Gasteiger partial charge in [0.1, 0.15) is 5.76 Å². The number of furan rings is 1. The van der Waals surface area contributed by atoms with Crippen molar-refractivity contribution in [1.29, 1.82) is 0 Å². The standard InChI is InChI=1S/C15H13ClN2OS2/c16-15-18-9-14(21-15)8-17-11-3-5-13(6-4-11)20-10-12-2-1-7-19-12/h1-7,9,17H,8,10H2. The molecule has 0 aliphatic heterocycles. The fourth-order valence-electron chi connectivity index (χ4n) is 1.77. The molecule has 0 bridgehead atoms. The Morgan fingerprint density at radius 3 is 2.76 bits per heavy atom. The summed E-state index contributed by atoms with van der Waals surface area (Å²) in [6.07, 6.45) is 3.50. The first-order chi connectivity index (χ1) is 10.3. The van der Waals surface area contributed by atoms with E-state index in [0.29, 0.717) is 4.47 Å². The van der Waals surface area contributed by atoms with E-state index in [0.717, 1.165) is 28.6 Å². The van der Waals surface area contributed by atoms with E-state index in [9.17, 15) is 0 Å². The van der Waals surface area contributed by atoms with Gasteiger partial charge >= 0.3 is 0 Å². The van der Waals surface area contributed by atoms with Crippen molar-refractivity contribution in [2.45, 2.75) is 17.2 Å². The van der Waals surface area contributed by atoms with E-state index in [2.05, 4.69) is 34.6 Å². The molecule has 6 heteroatoms. The molecule has 0 atom stereocenters. The summed E-state index contributed by atoms with van der Waals surface area (Å²) in [7, 11) is 0. The quantitative estimate of drug-likeness (QED) is 0.620. The smallest absolute Gasteiger partial charge is 0.183 e. The van der Waals surface area contributed by atoms with E-state index in [1.54, 1.807) is 24.2 Å². The van der Waals surface area contributed by atoms with Crippen LogP contribution >= 0.6 is 34.7 Å². The van der Waals surface area contributed by atoms with Gasteiger partial charge in [0, 0.05) is 21.7 Å². The van der Waals surface area contributed by atoms with Crippen LogP contribution in [0.25, 0.3) is 0 Å². The van der Waals surface area contributed by atoms with Crippen LogP contribution < -0.4 is 5.32 Å². The molecule has 21 heavy (non-hydrogen) atoms. The number of hydrogen-bond donors (Lipinski definition) is 1. The van der Waals surface area contributed by atoms with Crippen molar-refractivity contribution < 1.29 is 4.42 Å². The van der Waals surface area contributed by atoms with Crippen molar-refractivity contribution in [3.05, 3.63) is 64.0 Å². The van der Waals surface area contributed by atoms with Crippen molar-refractivity contribution in [2.75, 3.05) is 5.32 Å². The largest absolute Gasteiger partial charge is 0.468 e. The summed E-state index contributed by atoms with van der Waals surface area (Å²) in [6, 6.07) is 12.3. The molecule has 108 valence electrons. The zero-order valence-electron chi connectivity index (χ0n) is 11.1. The van der Waals surface area contributed by atoms with Gasteiger partial charge in [-0.1, -0.05) is 11.6 Å². The Bertz CT molecular complexity index is 680. The molecule has 1 N–H and O–H groups in total. The second kappa shape index (κ2) is 7.02. The van der Waals surface area contributed by atoms with E-state index in [-0.39, 0.29) is 0 Å². The number of thiazole rings is 1. The number of hydrogen-bond acceptors (Lipinski definition) is 5. The van der Waals surface area contributed by atoms with Gasteiger partial charge in [-0.2, -0.15) is 0 Å². The number of thioether (sulfide) groups is 1. The topological polar surface area (TPSA) is 38.1 Å². The molecule has 0 amide bonds. The number of rotatable bonds is 6. The summed E-state index contributed by atoms with van der Waals surface area (Å²) in [6.45, 7) is 0.739. The molecule has 2 aromatic heterocycles.